The molecule has 36 heavy (non-hydrogen) atoms. The van der Waals surface area contributed by atoms with E-state index < -0.39 is 30.1 Å². The van der Waals surface area contributed by atoms with Gasteiger partial charge in [0.15, 0.2) is 12.4 Å². The van der Waals surface area contributed by atoms with Gasteiger partial charge >= 0.3 is 11.9 Å². The molecule has 0 spiro atoms. The number of hydrogen-bond acceptors (Lipinski definition) is 7. The van der Waals surface area contributed by atoms with Gasteiger partial charge in [0.05, 0.1) is 0 Å². The maximum absolute atomic E-state index is 14.4. The molecule has 1 unspecified atom stereocenters. The van der Waals surface area contributed by atoms with Crippen molar-refractivity contribution >= 4 is 11.9 Å². The van der Waals surface area contributed by atoms with Crippen LogP contribution >= 0.6 is 0 Å². The molecule has 9 nitrogen and oxygen atoms in total. The molecule has 10 heteroatoms. The van der Waals surface area contributed by atoms with Crippen LogP contribution in [-0.2, 0) is 27.2 Å². The molecule has 3 aromatic rings. The zero-order valence-electron chi connectivity index (χ0n) is 19.2. The van der Waals surface area contributed by atoms with Gasteiger partial charge in [-0.3, -0.25) is 4.79 Å². The van der Waals surface area contributed by atoms with Gasteiger partial charge in [-0.1, -0.05) is 36.4 Å². The fourth-order valence-electron chi connectivity index (χ4n) is 3.27. The van der Waals surface area contributed by atoms with Crippen LogP contribution in [-0.4, -0.2) is 34.4 Å². The second-order valence-electron chi connectivity index (χ2n) is 7.80. The molecule has 0 radical (unpaired) electrons. The lowest BCUT2D eigenvalue weighted by Gasteiger charge is -2.13. The van der Waals surface area contributed by atoms with Crippen LogP contribution in [0.25, 0.3) is 0 Å². The van der Waals surface area contributed by atoms with E-state index >= 15 is 0 Å². The van der Waals surface area contributed by atoms with E-state index in [9.17, 15) is 14.0 Å². The summed E-state index contributed by atoms with van der Waals surface area (Å²) in [6.07, 6.45) is 1.58. The predicted octanol–water partition coefficient (Wildman–Crippen LogP) is 3.80. The molecule has 2 aromatic carbocycles. The number of amides is 1. The van der Waals surface area contributed by atoms with Crippen molar-refractivity contribution in [1.82, 2.24) is 10.3 Å². The number of nitrogens with one attached hydrogen (secondary N) is 1. The van der Waals surface area contributed by atoms with Crippen molar-refractivity contribution in [2.24, 2.45) is 0 Å². The standard InChI is InChI=1S/C26H23FN2O7/c1-16(26(31)32)34-19-10-9-18(21(27)13-19)14-29-24(30)20-8-5-11-28-25(20)36-23-15-33-22(35-23)12-17-6-3-2-4-7-17/h2-11,13,15-16,22H,12,14H2,1H3,(H,29,30)(H,31,32)/t16-,22?/m1/s1. The van der Waals surface area contributed by atoms with Gasteiger partial charge < -0.3 is 29.4 Å². The van der Waals surface area contributed by atoms with Crippen LogP contribution in [0.2, 0.25) is 0 Å². The first kappa shape index (κ1) is 24.5. The summed E-state index contributed by atoms with van der Waals surface area (Å²) in [6, 6.07) is 16.6. The number of ether oxygens (including phenoxy) is 4. The Hall–Kier alpha value is -4.60. The van der Waals surface area contributed by atoms with Gasteiger partial charge in [-0.25, -0.2) is 14.2 Å². The molecule has 0 fully saturated rings. The van der Waals surface area contributed by atoms with Crippen LogP contribution in [0.5, 0.6) is 11.6 Å². The number of nitrogens with zero attached hydrogens (tertiary/aromatic N) is 1. The molecule has 2 atom stereocenters. The SMILES string of the molecule is C[C@@H](Oc1ccc(CNC(=O)c2cccnc2OC2=COC(Cc3ccccc3)O2)c(F)c1)C(=O)O. The highest BCUT2D eigenvalue weighted by Crippen LogP contribution is 2.24. The predicted molar refractivity (Wildman–Crippen MR) is 124 cm³/mol. The van der Waals surface area contributed by atoms with Gasteiger partial charge in [0.1, 0.15) is 17.1 Å². The Morgan fingerprint density at radius 2 is 1.97 bits per heavy atom. The van der Waals surface area contributed by atoms with Crippen LogP contribution < -0.4 is 14.8 Å². The second kappa shape index (κ2) is 11.2. The van der Waals surface area contributed by atoms with Crippen molar-refractivity contribution in [2.45, 2.75) is 32.3 Å². The summed E-state index contributed by atoms with van der Waals surface area (Å²) in [5.74, 6) is -2.24. The van der Waals surface area contributed by atoms with E-state index in [2.05, 4.69) is 10.3 Å². The van der Waals surface area contributed by atoms with Crippen molar-refractivity contribution < 1.29 is 38.0 Å². The molecule has 186 valence electrons. The number of halogens is 1. The number of hydrogen-bond donors (Lipinski definition) is 2. The molecule has 1 amide bonds. The molecule has 2 heterocycles. The summed E-state index contributed by atoms with van der Waals surface area (Å²) in [5.41, 5.74) is 1.33. The van der Waals surface area contributed by atoms with Crippen molar-refractivity contribution in [3.05, 3.63) is 102 Å². The number of carbonyl (C=O) groups is 2. The van der Waals surface area contributed by atoms with E-state index in [-0.39, 0.29) is 35.2 Å². The summed E-state index contributed by atoms with van der Waals surface area (Å²) in [4.78, 5) is 27.8. The maximum atomic E-state index is 14.4. The Labute approximate surface area is 206 Å². The lowest BCUT2D eigenvalue weighted by Crippen LogP contribution is -2.25. The van der Waals surface area contributed by atoms with Crippen LogP contribution in [0.1, 0.15) is 28.4 Å². The number of aromatic nitrogens is 1. The zero-order valence-corrected chi connectivity index (χ0v) is 19.2. The minimum absolute atomic E-state index is 0.00270. The second-order valence-corrected chi connectivity index (χ2v) is 7.80. The number of carboxylic acids is 1. The van der Waals surface area contributed by atoms with E-state index in [0.717, 1.165) is 11.6 Å². The Morgan fingerprint density at radius 3 is 2.72 bits per heavy atom. The molecular formula is C26H23FN2O7. The average Bonchev–Trinajstić information content (AvgIpc) is 3.30. The Bertz CT molecular complexity index is 1270. The van der Waals surface area contributed by atoms with Crippen LogP contribution in [0.15, 0.2) is 79.1 Å². The summed E-state index contributed by atoms with van der Waals surface area (Å²) >= 11 is 0. The number of aliphatic carboxylic acids is 1. The summed E-state index contributed by atoms with van der Waals surface area (Å²) in [5, 5.41) is 11.5. The fourth-order valence-corrected chi connectivity index (χ4v) is 3.27. The average molecular weight is 494 g/mol. The lowest BCUT2D eigenvalue weighted by atomic mass is 10.1. The minimum Gasteiger partial charge on any atom is -0.479 e. The molecule has 4 rings (SSSR count). The van der Waals surface area contributed by atoms with E-state index in [1.165, 1.54) is 37.6 Å². The number of carboxylic acid groups (broad SMARTS) is 1. The molecule has 1 aromatic heterocycles. The fraction of sp³-hybridized carbons (Fsp3) is 0.192. The molecular weight excluding hydrogens is 471 g/mol. The number of rotatable bonds is 10. The third-order valence-corrected chi connectivity index (χ3v) is 5.15. The third-order valence-electron chi connectivity index (χ3n) is 5.15. The number of benzene rings is 2. The lowest BCUT2D eigenvalue weighted by molar-refractivity contribution is -0.144. The smallest absolute Gasteiger partial charge is 0.344 e. The molecule has 1 aliphatic rings. The summed E-state index contributed by atoms with van der Waals surface area (Å²) < 4.78 is 36.4. The van der Waals surface area contributed by atoms with Gasteiger partial charge in [0, 0.05) is 30.8 Å². The molecule has 1 aliphatic heterocycles. The Balaban J connectivity index is 1.34. The van der Waals surface area contributed by atoms with Gasteiger partial charge in [-0.15, -0.1) is 0 Å². The Morgan fingerprint density at radius 1 is 1.17 bits per heavy atom. The molecule has 0 saturated carbocycles. The Kier molecular flexibility index (Phi) is 7.64. The van der Waals surface area contributed by atoms with Gasteiger partial charge in [-0.2, -0.15) is 0 Å². The highest BCUT2D eigenvalue weighted by Gasteiger charge is 2.24. The van der Waals surface area contributed by atoms with Crippen molar-refractivity contribution in [3.8, 4) is 11.6 Å². The number of carbonyl (C=O) groups excluding carboxylic acids is 1. The van der Waals surface area contributed by atoms with E-state index in [0.29, 0.717) is 6.42 Å². The van der Waals surface area contributed by atoms with Crippen LogP contribution in [0.4, 0.5) is 4.39 Å². The quantitative estimate of drug-likeness (QED) is 0.437. The van der Waals surface area contributed by atoms with Crippen molar-refractivity contribution in [2.75, 3.05) is 0 Å². The molecule has 2 N–H and O–H groups in total. The molecule has 0 bridgehead atoms. The van der Waals surface area contributed by atoms with E-state index in [1.807, 2.05) is 30.3 Å². The normalized spacial score (nSPS) is 15.2. The largest absolute Gasteiger partial charge is 0.479 e. The first-order chi connectivity index (χ1) is 17.4. The van der Waals surface area contributed by atoms with E-state index in [4.69, 9.17) is 24.1 Å². The van der Waals surface area contributed by atoms with Crippen LogP contribution in [0.3, 0.4) is 0 Å². The summed E-state index contributed by atoms with van der Waals surface area (Å²) in [7, 11) is 0. The topological polar surface area (TPSA) is 116 Å². The van der Waals surface area contributed by atoms with Crippen molar-refractivity contribution in [1.29, 1.82) is 0 Å². The highest BCUT2D eigenvalue weighted by molar-refractivity contribution is 5.96. The third kappa shape index (κ3) is 6.29. The minimum atomic E-state index is -1.17. The van der Waals surface area contributed by atoms with Gasteiger partial charge in [0.25, 0.3) is 5.91 Å². The maximum Gasteiger partial charge on any atom is 0.344 e. The first-order valence-electron chi connectivity index (χ1n) is 11.0. The highest BCUT2D eigenvalue weighted by atomic mass is 19.1. The first-order valence-corrected chi connectivity index (χ1v) is 11.0. The number of pyridine rings is 1. The van der Waals surface area contributed by atoms with Gasteiger partial charge in [0.2, 0.25) is 12.2 Å². The van der Waals surface area contributed by atoms with E-state index in [1.54, 1.807) is 6.07 Å². The van der Waals surface area contributed by atoms with Gasteiger partial charge in [-0.05, 0) is 30.7 Å². The van der Waals surface area contributed by atoms with Crippen LogP contribution in [0, 0.1) is 5.82 Å². The molecule has 0 aliphatic carbocycles. The zero-order chi connectivity index (χ0) is 25.5. The van der Waals surface area contributed by atoms with Crippen molar-refractivity contribution in [3.63, 3.8) is 0 Å². The summed E-state index contributed by atoms with van der Waals surface area (Å²) in [6.45, 7) is 1.21. The molecule has 0 saturated heterocycles. The monoisotopic (exact) mass is 494 g/mol.